The van der Waals surface area contributed by atoms with Crippen molar-refractivity contribution in [3.05, 3.63) is 35.9 Å². The van der Waals surface area contributed by atoms with Gasteiger partial charge in [0.2, 0.25) is 0 Å². The van der Waals surface area contributed by atoms with Crippen molar-refractivity contribution in [2.75, 3.05) is 13.2 Å². The van der Waals surface area contributed by atoms with Crippen molar-refractivity contribution in [2.45, 2.75) is 18.2 Å². The van der Waals surface area contributed by atoms with Crippen LogP contribution in [0.15, 0.2) is 30.3 Å². The fourth-order valence-corrected chi connectivity index (χ4v) is 2.36. The Kier molecular flexibility index (Phi) is 6.22. The maximum Gasteiger partial charge on any atom is 0.308 e. The summed E-state index contributed by atoms with van der Waals surface area (Å²) in [6.45, 7) is 1.77. The summed E-state index contributed by atoms with van der Waals surface area (Å²) in [5.74, 6) is -0.453. The summed E-state index contributed by atoms with van der Waals surface area (Å²) in [7, 11) is 0. The summed E-state index contributed by atoms with van der Waals surface area (Å²) < 4.78 is 4.88. The molecule has 0 saturated carbocycles. The Bertz CT molecular complexity index is 340. The molecule has 2 atom stereocenters. The third-order valence-electron chi connectivity index (χ3n) is 2.46. The normalized spacial score (nSPS) is 14.1. The monoisotopic (exact) mass is 300 g/mol. The van der Waals surface area contributed by atoms with Gasteiger partial charge in [-0.3, -0.25) is 4.79 Å². The highest BCUT2D eigenvalue weighted by molar-refractivity contribution is 9.09. The van der Waals surface area contributed by atoms with Gasteiger partial charge >= 0.3 is 5.97 Å². The van der Waals surface area contributed by atoms with E-state index in [4.69, 9.17) is 9.84 Å². The Balaban J connectivity index is 2.45. The number of esters is 1. The topological polar surface area (TPSA) is 46.5 Å². The van der Waals surface area contributed by atoms with Crippen molar-refractivity contribution < 1.29 is 14.6 Å². The van der Waals surface area contributed by atoms with Crippen molar-refractivity contribution in [1.82, 2.24) is 0 Å². The van der Waals surface area contributed by atoms with Gasteiger partial charge in [-0.1, -0.05) is 53.2 Å². The van der Waals surface area contributed by atoms with E-state index in [0.29, 0.717) is 6.42 Å². The number of ether oxygens (including phenoxy) is 1. The molecule has 1 aromatic carbocycles. The number of aliphatic hydroxyl groups is 1. The molecule has 94 valence electrons. The largest absolute Gasteiger partial charge is 0.463 e. The standard InChI is InChI=1S/C13H17BrO3/c1-10(13(16)17-8-7-15)9-12(14)11-5-3-2-4-6-11/h2-6,10,12,15H,7-9H2,1H3. The maximum absolute atomic E-state index is 11.5. The van der Waals surface area contributed by atoms with Gasteiger partial charge in [-0.25, -0.2) is 0 Å². The van der Waals surface area contributed by atoms with E-state index in [9.17, 15) is 4.79 Å². The fourth-order valence-electron chi connectivity index (χ4n) is 1.49. The number of halogens is 1. The van der Waals surface area contributed by atoms with Crippen molar-refractivity contribution in [1.29, 1.82) is 0 Å². The number of hydrogen-bond acceptors (Lipinski definition) is 3. The summed E-state index contributed by atoms with van der Waals surface area (Å²) in [4.78, 5) is 11.7. The Labute approximate surface area is 110 Å². The molecule has 0 fully saturated rings. The van der Waals surface area contributed by atoms with Crippen LogP contribution in [-0.2, 0) is 9.53 Å². The van der Waals surface area contributed by atoms with Crippen molar-refractivity contribution >= 4 is 21.9 Å². The predicted octanol–water partition coefficient (Wildman–Crippen LogP) is 2.68. The number of aliphatic hydroxyl groups excluding tert-OH is 1. The number of rotatable bonds is 6. The number of carbonyl (C=O) groups excluding carboxylic acids is 1. The lowest BCUT2D eigenvalue weighted by molar-refractivity contribution is -0.149. The SMILES string of the molecule is CC(CC(Br)c1ccccc1)C(=O)OCCO. The van der Waals surface area contributed by atoms with Crippen LogP contribution >= 0.6 is 15.9 Å². The highest BCUT2D eigenvalue weighted by atomic mass is 79.9. The highest BCUT2D eigenvalue weighted by Gasteiger charge is 2.19. The van der Waals surface area contributed by atoms with Gasteiger partial charge in [0, 0.05) is 4.83 Å². The summed E-state index contributed by atoms with van der Waals surface area (Å²) in [5, 5.41) is 8.57. The number of alkyl halides is 1. The predicted molar refractivity (Wildman–Crippen MR) is 69.9 cm³/mol. The Morgan fingerprint density at radius 1 is 1.41 bits per heavy atom. The van der Waals surface area contributed by atoms with Gasteiger partial charge in [0.25, 0.3) is 0 Å². The zero-order chi connectivity index (χ0) is 12.7. The van der Waals surface area contributed by atoms with Crippen LogP contribution in [-0.4, -0.2) is 24.3 Å². The van der Waals surface area contributed by atoms with Gasteiger partial charge < -0.3 is 9.84 Å². The lowest BCUT2D eigenvalue weighted by atomic mass is 10.0. The summed E-state index contributed by atoms with van der Waals surface area (Å²) in [5.41, 5.74) is 1.15. The van der Waals surface area contributed by atoms with E-state index in [1.54, 1.807) is 0 Å². The van der Waals surface area contributed by atoms with Gasteiger partial charge in [-0.05, 0) is 12.0 Å². The molecule has 1 rings (SSSR count). The van der Waals surface area contributed by atoms with E-state index in [-0.39, 0.29) is 29.9 Å². The smallest absolute Gasteiger partial charge is 0.308 e. The molecule has 1 aromatic rings. The lowest BCUT2D eigenvalue weighted by Gasteiger charge is -2.15. The van der Waals surface area contributed by atoms with Crippen LogP contribution in [0, 0.1) is 5.92 Å². The molecule has 0 aliphatic heterocycles. The molecule has 2 unspecified atom stereocenters. The zero-order valence-corrected chi connectivity index (χ0v) is 11.4. The summed E-state index contributed by atoms with van der Waals surface area (Å²) in [6.07, 6.45) is 0.675. The molecule has 0 bridgehead atoms. The zero-order valence-electron chi connectivity index (χ0n) is 9.80. The molecule has 0 amide bonds. The van der Waals surface area contributed by atoms with E-state index in [2.05, 4.69) is 15.9 Å². The molecule has 0 heterocycles. The third-order valence-corrected chi connectivity index (χ3v) is 3.36. The quantitative estimate of drug-likeness (QED) is 0.649. The van der Waals surface area contributed by atoms with Crippen molar-refractivity contribution in [2.24, 2.45) is 5.92 Å². The molecular weight excluding hydrogens is 284 g/mol. The first-order valence-corrected chi connectivity index (χ1v) is 6.53. The second-order valence-electron chi connectivity index (χ2n) is 3.91. The molecule has 0 aliphatic carbocycles. The first-order valence-electron chi connectivity index (χ1n) is 5.61. The fraction of sp³-hybridized carbons (Fsp3) is 0.462. The van der Waals surface area contributed by atoms with Crippen LogP contribution in [0.5, 0.6) is 0 Å². The minimum atomic E-state index is -0.264. The van der Waals surface area contributed by atoms with E-state index in [1.807, 2.05) is 37.3 Å². The Morgan fingerprint density at radius 3 is 2.65 bits per heavy atom. The van der Waals surface area contributed by atoms with Gasteiger partial charge in [0.1, 0.15) is 6.61 Å². The minimum absolute atomic E-state index is 0.0709. The Hall–Kier alpha value is -0.870. The van der Waals surface area contributed by atoms with Gasteiger partial charge in [0.05, 0.1) is 12.5 Å². The van der Waals surface area contributed by atoms with Gasteiger partial charge in [-0.15, -0.1) is 0 Å². The van der Waals surface area contributed by atoms with E-state index >= 15 is 0 Å². The molecule has 0 saturated heterocycles. The highest BCUT2D eigenvalue weighted by Crippen LogP contribution is 2.29. The van der Waals surface area contributed by atoms with E-state index in [0.717, 1.165) is 5.56 Å². The molecule has 0 spiro atoms. The van der Waals surface area contributed by atoms with E-state index < -0.39 is 0 Å². The number of hydrogen-bond donors (Lipinski definition) is 1. The molecule has 0 radical (unpaired) electrons. The molecule has 1 N–H and O–H groups in total. The van der Waals surface area contributed by atoms with Gasteiger partial charge in [-0.2, -0.15) is 0 Å². The molecule has 17 heavy (non-hydrogen) atoms. The number of carbonyl (C=O) groups is 1. The number of benzene rings is 1. The average molecular weight is 301 g/mol. The van der Waals surface area contributed by atoms with E-state index in [1.165, 1.54) is 0 Å². The van der Waals surface area contributed by atoms with Crippen LogP contribution in [0.4, 0.5) is 0 Å². The maximum atomic E-state index is 11.5. The molecule has 3 nitrogen and oxygen atoms in total. The first kappa shape index (κ1) is 14.2. The second-order valence-corrected chi connectivity index (χ2v) is 5.01. The van der Waals surface area contributed by atoms with Gasteiger partial charge in [0.15, 0.2) is 0 Å². The Morgan fingerprint density at radius 2 is 2.06 bits per heavy atom. The molecular formula is C13H17BrO3. The summed E-state index contributed by atoms with van der Waals surface area (Å²) >= 11 is 3.57. The molecule has 0 aromatic heterocycles. The molecule has 0 aliphatic rings. The average Bonchev–Trinajstić information content (AvgIpc) is 2.36. The first-order chi connectivity index (χ1) is 8.15. The summed E-state index contributed by atoms with van der Waals surface area (Å²) in [6, 6.07) is 9.94. The van der Waals surface area contributed by atoms with Crippen molar-refractivity contribution in [3.8, 4) is 0 Å². The second kappa shape index (κ2) is 7.45. The van der Waals surface area contributed by atoms with Crippen molar-refractivity contribution in [3.63, 3.8) is 0 Å². The molecule has 4 heteroatoms. The van der Waals surface area contributed by atoms with Crippen LogP contribution < -0.4 is 0 Å². The lowest BCUT2D eigenvalue weighted by Crippen LogP contribution is -2.18. The van der Waals surface area contributed by atoms with Crippen LogP contribution in [0.25, 0.3) is 0 Å². The van der Waals surface area contributed by atoms with Crippen LogP contribution in [0.1, 0.15) is 23.7 Å². The van der Waals surface area contributed by atoms with Crippen LogP contribution in [0.3, 0.4) is 0 Å². The van der Waals surface area contributed by atoms with Crippen LogP contribution in [0.2, 0.25) is 0 Å². The third kappa shape index (κ3) is 4.88. The minimum Gasteiger partial charge on any atom is -0.463 e.